The van der Waals surface area contributed by atoms with Gasteiger partial charge in [0.2, 0.25) is 0 Å². The minimum absolute atomic E-state index is 0.258. The van der Waals surface area contributed by atoms with Gasteiger partial charge in [-0.05, 0) is 47.0 Å². The highest BCUT2D eigenvalue weighted by molar-refractivity contribution is 9.10. The van der Waals surface area contributed by atoms with Crippen molar-refractivity contribution in [3.63, 3.8) is 0 Å². The molecule has 0 aliphatic heterocycles. The molecule has 1 heterocycles. The molecule has 21 heavy (non-hydrogen) atoms. The monoisotopic (exact) mass is 418 g/mol. The van der Waals surface area contributed by atoms with E-state index in [0.29, 0.717) is 5.33 Å². The fourth-order valence-corrected chi connectivity index (χ4v) is 3.07. The minimum atomic E-state index is -0.346. The van der Waals surface area contributed by atoms with Crippen molar-refractivity contribution in [2.24, 2.45) is 0 Å². The van der Waals surface area contributed by atoms with E-state index in [2.05, 4.69) is 43.9 Å². The van der Waals surface area contributed by atoms with Crippen molar-refractivity contribution in [1.82, 2.24) is 9.78 Å². The first-order valence-corrected chi connectivity index (χ1v) is 8.73. The van der Waals surface area contributed by atoms with Gasteiger partial charge in [0.1, 0.15) is 6.61 Å². The molecule has 0 amide bonds. The predicted octanol–water partition coefficient (Wildman–Crippen LogP) is 4.84. The van der Waals surface area contributed by atoms with Crippen LogP contribution in [0.25, 0.3) is 0 Å². The van der Waals surface area contributed by atoms with E-state index in [4.69, 9.17) is 4.74 Å². The number of halogens is 3. The molecule has 1 aromatic heterocycles. The summed E-state index contributed by atoms with van der Waals surface area (Å²) in [5.41, 5.74) is 2.80. The Morgan fingerprint density at radius 1 is 1.33 bits per heavy atom. The molecule has 1 aromatic carbocycles. The molecule has 0 saturated heterocycles. The normalized spacial score (nSPS) is 10.9. The van der Waals surface area contributed by atoms with E-state index in [-0.39, 0.29) is 18.2 Å². The Morgan fingerprint density at radius 3 is 2.67 bits per heavy atom. The van der Waals surface area contributed by atoms with Crippen molar-refractivity contribution < 1.29 is 9.13 Å². The summed E-state index contributed by atoms with van der Waals surface area (Å²) in [5.74, 6) is -0.0881. The Balaban J connectivity index is 2.18. The molecule has 0 aliphatic rings. The van der Waals surface area contributed by atoms with Crippen LogP contribution in [-0.2, 0) is 24.9 Å². The van der Waals surface area contributed by atoms with Gasteiger partial charge in [0.25, 0.3) is 0 Å². The van der Waals surface area contributed by atoms with Gasteiger partial charge in [-0.3, -0.25) is 4.68 Å². The molecular formula is C15H17Br2FN2O. The standard InChI is InChI=1S/C15H17Br2FN2O/c1-3-12-15(17)13(20(4-2)19-12)9-21-14-6-5-10(8-16)7-11(14)18/h5-7H,3-4,8-9H2,1-2H3. The second kappa shape index (κ2) is 7.40. The van der Waals surface area contributed by atoms with E-state index in [1.165, 1.54) is 6.07 Å². The number of aryl methyl sites for hydroxylation is 2. The predicted molar refractivity (Wildman–Crippen MR) is 88.3 cm³/mol. The summed E-state index contributed by atoms with van der Waals surface area (Å²) < 4.78 is 22.4. The average Bonchev–Trinajstić information content (AvgIpc) is 2.81. The third kappa shape index (κ3) is 3.66. The minimum Gasteiger partial charge on any atom is -0.484 e. The summed E-state index contributed by atoms with van der Waals surface area (Å²) >= 11 is 6.86. The lowest BCUT2D eigenvalue weighted by atomic mass is 10.2. The largest absolute Gasteiger partial charge is 0.484 e. The molecule has 114 valence electrons. The molecule has 0 radical (unpaired) electrons. The fourth-order valence-electron chi connectivity index (χ4n) is 2.05. The zero-order chi connectivity index (χ0) is 15.4. The van der Waals surface area contributed by atoms with E-state index in [0.717, 1.165) is 34.4 Å². The van der Waals surface area contributed by atoms with Gasteiger partial charge in [0, 0.05) is 11.9 Å². The molecule has 0 spiro atoms. The Hall–Kier alpha value is -0.880. The zero-order valence-electron chi connectivity index (χ0n) is 12.0. The molecule has 0 aliphatic carbocycles. The number of alkyl halides is 1. The van der Waals surface area contributed by atoms with Gasteiger partial charge < -0.3 is 4.74 Å². The smallest absolute Gasteiger partial charge is 0.165 e. The molecule has 0 saturated carbocycles. The first-order valence-electron chi connectivity index (χ1n) is 6.81. The van der Waals surface area contributed by atoms with Gasteiger partial charge in [0.05, 0.1) is 15.9 Å². The first kappa shape index (κ1) is 16.5. The molecule has 2 rings (SSSR count). The van der Waals surface area contributed by atoms with Crippen molar-refractivity contribution in [3.8, 4) is 5.75 Å². The third-order valence-corrected chi connectivity index (χ3v) is 4.77. The SMILES string of the molecule is CCc1nn(CC)c(COc2ccc(CBr)cc2F)c1Br. The number of aromatic nitrogens is 2. The second-order valence-electron chi connectivity index (χ2n) is 4.56. The van der Waals surface area contributed by atoms with Crippen LogP contribution in [0.4, 0.5) is 4.39 Å². The van der Waals surface area contributed by atoms with E-state index < -0.39 is 0 Å². The summed E-state index contributed by atoms with van der Waals surface area (Å²) in [4.78, 5) is 0. The maximum atomic E-state index is 13.9. The molecule has 3 nitrogen and oxygen atoms in total. The molecule has 2 aromatic rings. The van der Waals surface area contributed by atoms with Gasteiger partial charge in [-0.15, -0.1) is 0 Å². The maximum Gasteiger partial charge on any atom is 0.165 e. The highest BCUT2D eigenvalue weighted by atomic mass is 79.9. The van der Waals surface area contributed by atoms with Crippen LogP contribution in [0.1, 0.15) is 30.8 Å². The van der Waals surface area contributed by atoms with Gasteiger partial charge in [-0.1, -0.05) is 28.9 Å². The number of rotatable bonds is 6. The maximum absolute atomic E-state index is 13.9. The van der Waals surface area contributed by atoms with Crippen LogP contribution in [0.5, 0.6) is 5.75 Å². The Bertz CT molecular complexity index is 628. The Kier molecular flexibility index (Phi) is 5.81. The van der Waals surface area contributed by atoms with Gasteiger partial charge in [-0.2, -0.15) is 5.10 Å². The average molecular weight is 420 g/mol. The van der Waals surface area contributed by atoms with Crippen molar-refractivity contribution in [1.29, 1.82) is 0 Å². The first-order chi connectivity index (χ1) is 10.1. The summed E-state index contributed by atoms with van der Waals surface area (Å²) in [7, 11) is 0. The summed E-state index contributed by atoms with van der Waals surface area (Å²) in [6.07, 6.45) is 0.842. The molecule has 0 fully saturated rings. The molecule has 6 heteroatoms. The lowest BCUT2D eigenvalue weighted by molar-refractivity contribution is 0.277. The van der Waals surface area contributed by atoms with Crippen LogP contribution >= 0.6 is 31.9 Å². The summed E-state index contributed by atoms with van der Waals surface area (Å²) in [6, 6.07) is 4.98. The second-order valence-corrected chi connectivity index (χ2v) is 5.92. The van der Waals surface area contributed by atoms with Crippen molar-refractivity contribution >= 4 is 31.9 Å². The number of nitrogens with zero attached hydrogens (tertiary/aromatic N) is 2. The van der Waals surface area contributed by atoms with Crippen LogP contribution in [0.3, 0.4) is 0 Å². The molecular weight excluding hydrogens is 403 g/mol. The quantitative estimate of drug-likeness (QED) is 0.626. The Labute approximate surface area is 140 Å². The highest BCUT2D eigenvalue weighted by Crippen LogP contribution is 2.25. The van der Waals surface area contributed by atoms with Gasteiger partial charge in [-0.25, -0.2) is 4.39 Å². The topological polar surface area (TPSA) is 27.1 Å². The molecule has 0 N–H and O–H groups in total. The van der Waals surface area contributed by atoms with Crippen molar-refractivity contribution in [2.45, 2.75) is 38.8 Å². The van der Waals surface area contributed by atoms with Crippen molar-refractivity contribution in [2.75, 3.05) is 0 Å². The van der Waals surface area contributed by atoms with Crippen LogP contribution < -0.4 is 4.74 Å². The van der Waals surface area contributed by atoms with E-state index in [1.54, 1.807) is 6.07 Å². The van der Waals surface area contributed by atoms with Crippen molar-refractivity contribution in [3.05, 3.63) is 45.4 Å². The van der Waals surface area contributed by atoms with Crippen LogP contribution in [-0.4, -0.2) is 9.78 Å². The van der Waals surface area contributed by atoms with Crippen LogP contribution in [0.2, 0.25) is 0 Å². The molecule has 0 bridgehead atoms. The zero-order valence-corrected chi connectivity index (χ0v) is 15.2. The van der Waals surface area contributed by atoms with Gasteiger partial charge >= 0.3 is 0 Å². The lowest BCUT2D eigenvalue weighted by Crippen LogP contribution is -2.07. The van der Waals surface area contributed by atoms with E-state index >= 15 is 0 Å². The van der Waals surface area contributed by atoms with E-state index in [9.17, 15) is 4.39 Å². The van der Waals surface area contributed by atoms with Crippen LogP contribution in [0.15, 0.2) is 22.7 Å². The highest BCUT2D eigenvalue weighted by Gasteiger charge is 2.15. The number of benzene rings is 1. The number of hydrogen-bond donors (Lipinski definition) is 0. The van der Waals surface area contributed by atoms with Crippen LogP contribution in [0, 0.1) is 5.82 Å². The fraction of sp³-hybridized carbons (Fsp3) is 0.400. The lowest BCUT2D eigenvalue weighted by Gasteiger charge is -2.10. The van der Waals surface area contributed by atoms with E-state index in [1.807, 2.05) is 17.7 Å². The summed E-state index contributed by atoms with van der Waals surface area (Å²) in [5, 5.41) is 5.12. The number of hydrogen-bond acceptors (Lipinski definition) is 2. The molecule has 0 atom stereocenters. The number of ether oxygens (including phenoxy) is 1. The third-order valence-electron chi connectivity index (χ3n) is 3.21. The van der Waals surface area contributed by atoms with Gasteiger partial charge in [0.15, 0.2) is 11.6 Å². The molecule has 0 unspecified atom stereocenters. The Morgan fingerprint density at radius 2 is 2.10 bits per heavy atom. The summed E-state index contributed by atoms with van der Waals surface area (Å²) in [6.45, 7) is 5.11.